The lowest BCUT2D eigenvalue weighted by atomic mass is 9.87. The monoisotopic (exact) mass is 309 g/mol. The van der Waals surface area contributed by atoms with E-state index in [1.54, 1.807) is 18.2 Å². The van der Waals surface area contributed by atoms with Gasteiger partial charge in [-0.05, 0) is 55.4 Å². The molecular weight excluding hydrogens is 288 g/mol. The second-order valence-corrected chi connectivity index (χ2v) is 5.75. The maximum Gasteiger partial charge on any atom is 0.387 e. The molecule has 0 aromatic heterocycles. The van der Waals surface area contributed by atoms with Gasteiger partial charge in [0, 0.05) is 12.1 Å². The van der Waals surface area contributed by atoms with Crippen molar-refractivity contribution in [3.05, 3.63) is 35.9 Å². The van der Waals surface area contributed by atoms with E-state index in [2.05, 4.69) is 17.0 Å². The molecule has 1 aliphatic rings. The Balaban J connectivity index is 1.81. The largest absolute Gasteiger partial charge is 0.435 e. The van der Waals surface area contributed by atoms with Gasteiger partial charge < -0.3 is 10.1 Å². The zero-order valence-electron chi connectivity index (χ0n) is 12.6. The van der Waals surface area contributed by atoms with Crippen LogP contribution in [-0.4, -0.2) is 18.6 Å². The number of nitrogens with one attached hydrogen (secondary N) is 1. The lowest BCUT2D eigenvalue weighted by Crippen LogP contribution is -2.36. The highest BCUT2D eigenvalue weighted by molar-refractivity contribution is 5.91. The number of ether oxygens (including phenoxy) is 1. The number of carbonyl (C=O) groups is 1. The smallest absolute Gasteiger partial charge is 0.387 e. The molecule has 1 saturated carbocycles. The molecule has 1 amide bonds. The minimum absolute atomic E-state index is 0.105. The van der Waals surface area contributed by atoms with Crippen molar-refractivity contribution in [3.8, 4) is 5.75 Å². The molecule has 22 heavy (non-hydrogen) atoms. The van der Waals surface area contributed by atoms with Crippen LogP contribution in [0.1, 0.15) is 38.2 Å². The van der Waals surface area contributed by atoms with Crippen LogP contribution in [-0.2, 0) is 4.79 Å². The molecule has 5 heteroatoms. The van der Waals surface area contributed by atoms with Crippen LogP contribution in [0.15, 0.2) is 30.3 Å². The number of hydrogen-bond donors (Lipinski definition) is 1. The van der Waals surface area contributed by atoms with Crippen molar-refractivity contribution < 1.29 is 18.3 Å². The van der Waals surface area contributed by atoms with Gasteiger partial charge in [0.05, 0.1) is 0 Å². The number of benzene rings is 1. The molecule has 1 N–H and O–H groups in total. The fraction of sp³-hybridized carbons (Fsp3) is 0.471. The molecule has 1 aromatic rings. The average Bonchev–Trinajstić information content (AvgIpc) is 2.48. The van der Waals surface area contributed by atoms with Gasteiger partial charge in [-0.15, -0.1) is 0 Å². The van der Waals surface area contributed by atoms with E-state index in [1.165, 1.54) is 18.2 Å². The van der Waals surface area contributed by atoms with Crippen LogP contribution < -0.4 is 10.1 Å². The Kier molecular flexibility index (Phi) is 5.92. The maximum absolute atomic E-state index is 12.0. The van der Waals surface area contributed by atoms with Crippen molar-refractivity contribution in [3.63, 3.8) is 0 Å². The Morgan fingerprint density at radius 3 is 2.45 bits per heavy atom. The summed E-state index contributed by atoms with van der Waals surface area (Å²) in [5, 5.41) is 3.00. The van der Waals surface area contributed by atoms with E-state index < -0.39 is 6.61 Å². The first-order chi connectivity index (χ1) is 10.5. The van der Waals surface area contributed by atoms with Gasteiger partial charge >= 0.3 is 6.61 Å². The zero-order chi connectivity index (χ0) is 15.9. The number of carbonyl (C=O) groups excluding carboxylic acids is 1. The Hall–Kier alpha value is -1.91. The summed E-state index contributed by atoms with van der Waals surface area (Å²) < 4.78 is 28.3. The fourth-order valence-electron chi connectivity index (χ4n) is 2.59. The maximum atomic E-state index is 12.0. The topological polar surface area (TPSA) is 38.3 Å². The Morgan fingerprint density at radius 1 is 1.23 bits per heavy atom. The lowest BCUT2D eigenvalue weighted by molar-refractivity contribution is -0.117. The standard InChI is InChI=1S/C17H21F2NO2/c1-12-2-7-14(8-3-12)20-16(21)11-6-13-4-9-15(10-5-13)22-17(18)19/h4-6,9-12,14,17H,2-3,7-8H2,1H3,(H,20,21). The van der Waals surface area contributed by atoms with Gasteiger partial charge in [-0.3, -0.25) is 4.79 Å². The van der Waals surface area contributed by atoms with Crippen molar-refractivity contribution >= 4 is 12.0 Å². The van der Waals surface area contributed by atoms with Crippen LogP contribution >= 0.6 is 0 Å². The summed E-state index contributed by atoms with van der Waals surface area (Å²) in [6.45, 7) is -0.593. The highest BCUT2D eigenvalue weighted by atomic mass is 19.3. The van der Waals surface area contributed by atoms with Gasteiger partial charge in [0.1, 0.15) is 5.75 Å². The van der Waals surface area contributed by atoms with Crippen LogP contribution in [0, 0.1) is 5.92 Å². The van der Waals surface area contributed by atoms with Crippen molar-refractivity contribution in [2.24, 2.45) is 5.92 Å². The van der Waals surface area contributed by atoms with E-state index in [0.29, 0.717) is 0 Å². The predicted molar refractivity (Wildman–Crippen MR) is 81.7 cm³/mol. The first kappa shape index (κ1) is 16.5. The molecule has 1 aromatic carbocycles. The molecule has 0 atom stereocenters. The minimum Gasteiger partial charge on any atom is -0.435 e. The average molecular weight is 309 g/mol. The molecule has 0 bridgehead atoms. The summed E-state index contributed by atoms with van der Waals surface area (Å²) in [5.74, 6) is 0.734. The molecule has 0 heterocycles. The van der Waals surface area contributed by atoms with Crippen molar-refractivity contribution in [2.75, 3.05) is 0 Å². The van der Waals surface area contributed by atoms with Gasteiger partial charge in [0.2, 0.25) is 5.91 Å². The van der Waals surface area contributed by atoms with Crippen LogP contribution in [0.5, 0.6) is 5.75 Å². The lowest BCUT2D eigenvalue weighted by Gasteiger charge is -2.26. The summed E-state index contributed by atoms with van der Waals surface area (Å²) in [7, 11) is 0. The normalized spacial score (nSPS) is 22.0. The van der Waals surface area contributed by atoms with E-state index in [0.717, 1.165) is 37.2 Å². The summed E-state index contributed by atoms with van der Waals surface area (Å²) in [6.07, 6.45) is 7.50. The molecule has 2 rings (SSSR count). The molecule has 1 aliphatic carbocycles. The molecule has 0 saturated heterocycles. The van der Waals surface area contributed by atoms with Gasteiger partial charge in [0.15, 0.2) is 0 Å². The molecule has 0 unspecified atom stereocenters. The van der Waals surface area contributed by atoms with Crippen LogP contribution in [0.2, 0.25) is 0 Å². The molecular formula is C17H21F2NO2. The van der Waals surface area contributed by atoms with Crippen LogP contribution in [0.25, 0.3) is 6.08 Å². The number of rotatable bonds is 5. The summed E-state index contributed by atoms with van der Waals surface area (Å²) >= 11 is 0. The van der Waals surface area contributed by atoms with Gasteiger partial charge in [-0.1, -0.05) is 19.1 Å². The molecule has 0 radical (unpaired) electrons. The molecule has 0 spiro atoms. The van der Waals surface area contributed by atoms with Gasteiger partial charge in [0.25, 0.3) is 0 Å². The van der Waals surface area contributed by atoms with Crippen LogP contribution in [0.3, 0.4) is 0 Å². The summed E-state index contributed by atoms with van der Waals surface area (Å²) in [5.41, 5.74) is 0.758. The number of alkyl halides is 2. The number of amides is 1. The number of halogens is 2. The molecule has 1 fully saturated rings. The second kappa shape index (κ2) is 7.92. The van der Waals surface area contributed by atoms with E-state index >= 15 is 0 Å². The SMILES string of the molecule is CC1CCC(NC(=O)C=Cc2ccc(OC(F)F)cc2)CC1. The van der Waals surface area contributed by atoms with Crippen molar-refractivity contribution in [2.45, 2.75) is 45.3 Å². The summed E-state index contributed by atoms with van der Waals surface area (Å²) in [6, 6.07) is 6.42. The number of hydrogen-bond acceptors (Lipinski definition) is 2. The zero-order valence-corrected chi connectivity index (χ0v) is 12.6. The van der Waals surface area contributed by atoms with E-state index in [9.17, 15) is 13.6 Å². The van der Waals surface area contributed by atoms with Gasteiger partial charge in [-0.2, -0.15) is 8.78 Å². The molecule has 3 nitrogen and oxygen atoms in total. The third kappa shape index (κ3) is 5.47. The predicted octanol–water partition coefficient (Wildman–Crippen LogP) is 4.00. The quantitative estimate of drug-likeness (QED) is 0.835. The Morgan fingerprint density at radius 2 is 1.86 bits per heavy atom. The highest BCUT2D eigenvalue weighted by Crippen LogP contribution is 2.23. The second-order valence-electron chi connectivity index (χ2n) is 5.75. The van der Waals surface area contributed by atoms with Crippen molar-refractivity contribution in [1.82, 2.24) is 5.32 Å². The Labute approximate surface area is 129 Å². The third-order valence-corrected chi connectivity index (χ3v) is 3.89. The van der Waals surface area contributed by atoms with Crippen molar-refractivity contribution in [1.29, 1.82) is 0 Å². The minimum atomic E-state index is -2.83. The Bertz CT molecular complexity index is 506. The summed E-state index contributed by atoms with van der Waals surface area (Å²) in [4.78, 5) is 11.9. The fourth-order valence-corrected chi connectivity index (χ4v) is 2.59. The first-order valence-electron chi connectivity index (χ1n) is 7.56. The molecule has 120 valence electrons. The third-order valence-electron chi connectivity index (χ3n) is 3.89. The first-order valence-corrected chi connectivity index (χ1v) is 7.56. The van der Waals surface area contributed by atoms with Crippen LogP contribution in [0.4, 0.5) is 8.78 Å². The molecule has 0 aliphatic heterocycles. The van der Waals surface area contributed by atoms with E-state index in [4.69, 9.17) is 0 Å². The van der Waals surface area contributed by atoms with Gasteiger partial charge in [-0.25, -0.2) is 0 Å². The highest BCUT2D eigenvalue weighted by Gasteiger charge is 2.18. The van der Waals surface area contributed by atoms with E-state index in [-0.39, 0.29) is 17.7 Å². The van der Waals surface area contributed by atoms with E-state index in [1.807, 2.05) is 0 Å².